The van der Waals surface area contributed by atoms with E-state index in [1.54, 1.807) is 0 Å². The van der Waals surface area contributed by atoms with Gasteiger partial charge in [0.15, 0.2) is 0 Å². The molecule has 1 heterocycles. The van der Waals surface area contributed by atoms with Crippen LogP contribution in [0.3, 0.4) is 0 Å². The quantitative estimate of drug-likeness (QED) is 0.830. The summed E-state index contributed by atoms with van der Waals surface area (Å²) in [5.74, 6) is 2.38. The molecule has 0 aromatic carbocycles. The van der Waals surface area contributed by atoms with E-state index in [2.05, 4.69) is 44.9 Å². The molecule has 1 aromatic rings. The molecule has 15 heavy (non-hydrogen) atoms. The Morgan fingerprint density at radius 1 is 1.40 bits per heavy atom. The fourth-order valence-electron chi connectivity index (χ4n) is 1.21. The maximum absolute atomic E-state index is 5.66. The van der Waals surface area contributed by atoms with Crippen molar-refractivity contribution in [2.24, 2.45) is 5.92 Å². The number of hydrogen-bond acceptors (Lipinski definition) is 3. The Hall–Kier alpha value is -0.830. The highest BCUT2D eigenvalue weighted by Crippen LogP contribution is 2.22. The zero-order valence-corrected chi connectivity index (χ0v) is 10.4. The van der Waals surface area contributed by atoms with E-state index in [1.165, 1.54) is 0 Å². The topological polar surface area (TPSA) is 38.1 Å². The minimum atomic E-state index is 0.0449. The van der Waals surface area contributed by atoms with Crippen molar-refractivity contribution in [3.05, 3.63) is 17.8 Å². The van der Waals surface area contributed by atoms with Crippen molar-refractivity contribution >= 4 is 0 Å². The molecule has 0 bridgehead atoms. The molecule has 0 saturated carbocycles. The minimum absolute atomic E-state index is 0.0449. The van der Waals surface area contributed by atoms with Gasteiger partial charge in [0, 0.05) is 5.41 Å². The van der Waals surface area contributed by atoms with E-state index in [0.29, 0.717) is 12.5 Å². The molecule has 0 radical (unpaired) electrons. The molecule has 0 atom stereocenters. The van der Waals surface area contributed by atoms with Crippen LogP contribution in [-0.4, -0.2) is 11.5 Å². The lowest BCUT2D eigenvalue weighted by atomic mass is 9.94. The third kappa shape index (κ3) is 4.04. The predicted octanol–water partition coefficient (Wildman–Crippen LogP) is 2.72. The van der Waals surface area contributed by atoms with Crippen LogP contribution in [0.15, 0.2) is 10.6 Å². The fourth-order valence-corrected chi connectivity index (χ4v) is 1.21. The lowest BCUT2D eigenvalue weighted by Crippen LogP contribution is -2.19. The second kappa shape index (κ2) is 4.79. The van der Waals surface area contributed by atoms with E-state index < -0.39 is 0 Å². The average Bonchev–Trinajstić information content (AvgIpc) is 2.51. The summed E-state index contributed by atoms with van der Waals surface area (Å²) in [5, 5.41) is 3.31. The normalized spacial score (nSPS) is 12.4. The van der Waals surface area contributed by atoms with Crippen LogP contribution in [0.25, 0.3) is 0 Å². The molecule has 0 unspecified atom stereocenters. The Morgan fingerprint density at radius 3 is 2.53 bits per heavy atom. The summed E-state index contributed by atoms with van der Waals surface area (Å²) < 4.78 is 5.66. The SMILES string of the molecule is CC(C)CNCc1ncc(C(C)(C)C)o1. The van der Waals surface area contributed by atoms with E-state index in [-0.39, 0.29) is 5.41 Å². The largest absolute Gasteiger partial charge is 0.444 e. The summed E-state index contributed by atoms with van der Waals surface area (Å²) in [7, 11) is 0. The zero-order valence-electron chi connectivity index (χ0n) is 10.4. The van der Waals surface area contributed by atoms with Gasteiger partial charge in [0.1, 0.15) is 5.76 Å². The fraction of sp³-hybridized carbons (Fsp3) is 0.750. The van der Waals surface area contributed by atoms with E-state index in [0.717, 1.165) is 18.2 Å². The third-order valence-electron chi connectivity index (χ3n) is 2.12. The van der Waals surface area contributed by atoms with Gasteiger partial charge in [-0.05, 0) is 12.5 Å². The summed E-state index contributed by atoms with van der Waals surface area (Å²) in [4.78, 5) is 4.25. The molecule has 0 saturated heterocycles. The Labute approximate surface area is 92.3 Å². The molecule has 3 nitrogen and oxygen atoms in total. The highest BCUT2D eigenvalue weighted by molar-refractivity contribution is 5.05. The first-order valence-corrected chi connectivity index (χ1v) is 5.55. The van der Waals surface area contributed by atoms with Crippen LogP contribution in [-0.2, 0) is 12.0 Å². The van der Waals surface area contributed by atoms with Crippen molar-refractivity contribution in [3.63, 3.8) is 0 Å². The van der Waals surface area contributed by atoms with Gasteiger partial charge in [-0.3, -0.25) is 0 Å². The monoisotopic (exact) mass is 210 g/mol. The van der Waals surface area contributed by atoms with Crippen LogP contribution < -0.4 is 5.32 Å². The van der Waals surface area contributed by atoms with Crippen molar-refractivity contribution in [3.8, 4) is 0 Å². The maximum Gasteiger partial charge on any atom is 0.208 e. The average molecular weight is 210 g/mol. The number of nitrogens with zero attached hydrogens (tertiary/aromatic N) is 1. The number of nitrogens with one attached hydrogen (secondary N) is 1. The number of oxazole rings is 1. The summed E-state index contributed by atoms with van der Waals surface area (Å²) in [6.07, 6.45) is 1.83. The molecule has 3 heteroatoms. The second-order valence-corrected chi connectivity index (χ2v) is 5.39. The van der Waals surface area contributed by atoms with Gasteiger partial charge in [-0.1, -0.05) is 34.6 Å². The van der Waals surface area contributed by atoms with Crippen LogP contribution in [0.4, 0.5) is 0 Å². The van der Waals surface area contributed by atoms with Gasteiger partial charge in [0.05, 0.1) is 12.7 Å². The van der Waals surface area contributed by atoms with E-state index in [9.17, 15) is 0 Å². The lowest BCUT2D eigenvalue weighted by Gasteiger charge is -2.13. The van der Waals surface area contributed by atoms with E-state index in [1.807, 2.05) is 6.20 Å². The Bertz CT molecular complexity index is 297. The summed E-state index contributed by atoms with van der Waals surface area (Å²) in [6, 6.07) is 0. The van der Waals surface area contributed by atoms with Crippen molar-refractivity contribution in [1.82, 2.24) is 10.3 Å². The minimum Gasteiger partial charge on any atom is -0.444 e. The molecular formula is C12H22N2O. The summed E-state index contributed by atoms with van der Waals surface area (Å²) in [5.41, 5.74) is 0.0449. The maximum atomic E-state index is 5.66. The number of hydrogen-bond donors (Lipinski definition) is 1. The first-order chi connectivity index (χ1) is 6.89. The summed E-state index contributed by atoms with van der Waals surface area (Å²) in [6.45, 7) is 12.4. The van der Waals surface area contributed by atoms with Crippen LogP contribution >= 0.6 is 0 Å². The Balaban J connectivity index is 2.47. The molecule has 0 fully saturated rings. The van der Waals surface area contributed by atoms with E-state index in [4.69, 9.17) is 4.42 Å². The summed E-state index contributed by atoms with van der Waals surface area (Å²) >= 11 is 0. The van der Waals surface area contributed by atoms with Crippen LogP contribution in [0.2, 0.25) is 0 Å². The molecule has 1 aromatic heterocycles. The number of aromatic nitrogens is 1. The van der Waals surface area contributed by atoms with E-state index >= 15 is 0 Å². The van der Waals surface area contributed by atoms with Crippen LogP contribution in [0.1, 0.15) is 46.3 Å². The van der Waals surface area contributed by atoms with Gasteiger partial charge >= 0.3 is 0 Å². The molecule has 1 N–H and O–H groups in total. The van der Waals surface area contributed by atoms with Gasteiger partial charge in [-0.25, -0.2) is 4.98 Å². The van der Waals surface area contributed by atoms with Crippen molar-refractivity contribution in [2.75, 3.05) is 6.54 Å². The van der Waals surface area contributed by atoms with Gasteiger partial charge in [0.25, 0.3) is 0 Å². The van der Waals surface area contributed by atoms with Crippen LogP contribution in [0.5, 0.6) is 0 Å². The van der Waals surface area contributed by atoms with Crippen molar-refractivity contribution in [1.29, 1.82) is 0 Å². The standard InChI is InChI=1S/C12H22N2O/c1-9(2)6-13-8-11-14-7-10(15-11)12(3,4)5/h7,9,13H,6,8H2,1-5H3. The van der Waals surface area contributed by atoms with Crippen molar-refractivity contribution in [2.45, 2.75) is 46.6 Å². The highest BCUT2D eigenvalue weighted by Gasteiger charge is 2.18. The zero-order chi connectivity index (χ0) is 11.5. The number of rotatable bonds is 4. The second-order valence-electron chi connectivity index (χ2n) is 5.39. The van der Waals surface area contributed by atoms with Gasteiger partial charge in [-0.2, -0.15) is 0 Å². The van der Waals surface area contributed by atoms with Crippen LogP contribution in [0, 0.1) is 5.92 Å². The van der Waals surface area contributed by atoms with Gasteiger partial charge in [-0.15, -0.1) is 0 Å². The van der Waals surface area contributed by atoms with Gasteiger partial charge in [0.2, 0.25) is 5.89 Å². The smallest absolute Gasteiger partial charge is 0.208 e. The Kier molecular flexibility index (Phi) is 3.91. The molecule has 0 aliphatic rings. The molecule has 1 rings (SSSR count). The molecule has 0 aliphatic heterocycles. The Morgan fingerprint density at radius 2 is 2.07 bits per heavy atom. The molecule has 0 amide bonds. The third-order valence-corrected chi connectivity index (χ3v) is 2.12. The van der Waals surface area contributed by atoms with Gasteiger partial charge < -0.3 is 9.73 Å². The lowest BCUT2D eigenvalue weighted by molar-refractivity contribution is 0.371. The molecular weight excluding hydrogens is 188 g/mol. The highest BCUT2D eigenvalue weighted by atomic mass is 16.4. The van der Waals surface area contributed by atoms with Crippen molar-refractivity contribution < 1.29 is 4.42 Å². The first kappa shape index (κ1) is 12.2. The predicted molar refractivity (Wildman–Crippen MR) is 61.7 cm³/mol. The first-order valence-electron chi connectivity index (χ1n) is 5.55. The molecule has 0 spiro atoms. The molecule has 86 valence electrons. The molecule has 0 aliphatic carbocycles.